The largest absolute Gasteiger partial charge is 0.463 e. The Morgan fingerprint density at radius 1 is 0.515 bits per heavy atom. The molecular formula is C28H54O5. The summed E-state index contributed by atoms with van der Waals surface area (Å²) in [6, 6.07) is 0. The zero-order valence-corrected chi connectivity index (χ0v) is 21.9. The number of carbonyl (C=O) groups is 2. The molecule has 0 radical (unpaired) electrons. The normalized spacial score (nSPS) is 12.0. The summed E-state index contributed by atoms with van der Waals surface area (Å²) in [5, 5.41) is 9.83. The quantitative estimate of drug-likeness (QED) is 0.109. The zero-order valence-electron chi connectivity index (χ0n) is 21.9. The van der Waals surface area contributed by atoms with Crippen LogP contribution in [0, 0.1) is 0 Å². The van der Waals surface area contributed by atoms with E-state index in [1.807, 2.05) is 0 Å². The second kappa shape index (κ2) is 25.5. The predicted molar refractivity (Wildman–Crippen MR) is 136 cm³/mol. The van der Waals surface area contributed by atoms with E-state index in [-0.39, 0.29) is 25.2 Å². The Morgan fingerprint density at radius 2 is 0.788 bits per heavy atom. The van der Waals surface area contributed by atoms with Crippen molar-refractivity contribution < 1.29 is 24.2 Å². The van der Waals surface area contributed by atoms with E-state index in [4.69, 9.17) is 9.47 Å². The SMILES string of the molecule is CCCCCCCCCCCCCCCCC(=O)OC[C@H](O)COC(=O)CCCCCCC. The molecule has 0 heterocycles. The van der Waals surface area contributed by atoms with E-state index in [1.165, 1.54) is 89.9 Å². The second-order valence-electron chi connectivity index (χ2n) is 9.53. The molecule has 0 aromatic heterocycles. The first-order valence-corrected chi connectivity index (χ1v) is 14.1. The topological polar surface area (TPSA) is 72.8 Å². The summed E-state index contributed by atoms with van der Waals surface area (Å²) in [6.45, 7) is 4.20. The summed E-state index contributed by atoms with van der Waals surface area (Å²) in [5.74, 6) is -0.575. The third kappa shape index (κ3) is 25.4. The highest BCUT2D eigenvalue weighted by Crippen LogP contribution is 2.13. The van der Waals surface area contributed by atoms with Crippen LogP contribution in [0.3, 0.4) is 0 Å². The molecule has 0 saturated carbocycles. The lowest BCUT2D eigenvalue weighted by Crippen LogP contribution is -2.25. The number of hydrogen-bond acceptors (Lipinski definition) is 5. The number of aliphatic hydroxyl groups is 1. The van der Waals surface area contributed by atoms with Gasteiger partial charge in [0.15, 0.2) is 0 Å². The Bertz CT molecular complexity index is 438. The summed E-state index contributed by atoms with van der Waals surface area (Å²) in [6.07, 6.45) is 23.1. The highest BCUT2D eigenvalue weighted by molar-refractivity contribution is 5.69. The summed E-state index contributed by atoms with van der Waals surface area (Å²) in [5.41, 5.74) is 0. The van der Waals surface area contributed by atoms with Crippen LogP contribution >= 0.6 is 0 Å². The summed E-state index contributed by atoms with van der Waals surface area (Å²) < 4.78 is 10.1. The summed E-state index contributed by atoms with van der Waals surface area (Å²) >= 11 is 0. The van der Waals surface area contributed by atoms with Crippen LogP contribution in [0.1, 0.15) is 149 Å². The van der Waals surface area contributed by atoms with Crippen molar-refractivity contribution in [2.45, 2.75) is 155 Å². The van der Waals surface area contributed by atoms with Gasteiger partial charge in [-0.1, -0.05) is 123 Å². The van der Waals surface area contributed by atoms with Gasteiger partial charge in [-0.3, -0.25) is 9.59 Å². The maximum atomic E-state index is 11.8. The molecule has 0 spiro atoms. The third-order valence-corrected chi connectivity index (χ3v) is 6.09. The predicted octanol–water partition coefficient (Wildman–Crippen LogP) is 7.67. The second-order valence-corrected chi connectivity index (χ2v) is 9.53. The molecular weight excluding hydrogens is 416 g/mol. The molecule has 0 bridgehead atoms. The van der Waals surface area contributed by atoms with Gasteiger partial charge in [0.25, 0.3) is 0 Å². The molecule has 5 heteroatoms. The van der Waals surface area contributed by atoms with E-state index in [2.05, 4.69) is 13.8 Å². The van der Waals surface area contributed by atoms with Gasteiger partial charge >= 0.3 is 11.9 Å². The summed E-state index contributed by atoms with van der Waals surface area (Å²) in [7, 11) is 0. The number of aliphatic hydroxyl groups excluding tert-OH is 1. The summed E-state index contributed by atoms with van der Waals surface area (Å²) in [4.78, 5) is 23.4. The van der Waals surface area contributed by atoms with Crippen molar-refractivity contribution in [3.8, 4) is 0 Å². The lowest BCUT2D eigenvalue weighted by molar-refractivity contribution is -0.152. The Balaban J connectivity index is 3.38. The van der Waals surface area contributed by atoms with Crippen molar-refractivity contribution in [1.82, 2.24) is 0 Å². The molecule has 0 aromatic carbocycles. The fraction of sp³-hybridized carbons (Fsp3) is 0.929. The molecule has 5 nitrogen and oxygen atoms in total. The van der Waals surface area contributed by atoms with Gasteiger partial charge in [0.2, 0.25) is 0 Å². The van der Waals surface area contributed by atoms with E-state index in [9.17, 15) is 14.7 Å². The maximum Gasteiger partial charge on any atom is 0.305 e. The van der Waals surface area contributed by atoms with Gasteiger partial charge in [0.05, 0.1) is 0 Å². The Morgan fingerprint density at radius 3 is 1.09 bits per heavy atom. The van der Waals surface area contributed by atoms with Gasteiger partial charge in [-0.25, -0.2) is 0 Å². The van der Waals surface area contributed by atoms with Crippen LogP contribution in [0.4, 0.5) is 0 Å². The lowest BCUT2D eigenvalue weighted by atomic mass is 10.0. The Hall–Kier alpha value is -1.10. The molecule has 0 aliphatic carbocycles. The maximum absolute atomic E-state index is 11.8. The molecule has 0 saturated heterocycles. The van der Waals surface area contributed by atoms with Gasteiger partial charge in [-0.2, -0.15) is 0 Å². The smallest absolute Gasteiger partial charge is 0.305 e. The van der Waals surface area contributed by atoms with Crippen molar-refractivity contribution in [1.29, 1.82) is 0 Å². The number of carbonyl (C=O) groups excluding carboxylic acids is 2. The fourth-order valence-electron chi connectivity index (χ4n) is 3.91. The van der Waals surface area contributed by atoms with Gasteiger partial charge in [-0.05, 0) is 12.8 Å². The van der Waals surface area contributed by atoms with Crippen molar-refractivity contribution in [3.05, 3.63) is 0 Å². The van der Waals surface area contributed by atoms with Crippen LogP contribution in [-0.2, 0) is 19.1 Å². The van der Waals surface area contributed by atoms with Gasteiger partial charge < -0.3 is 14.6 Å². The minimum atomic E-state index is -0.950. The lowest BCUT2D eigenvalue weighted by Gasteiger charge is -2.12. The number of rotatable bonds is 25. The number of unbranched alkanes of at least 4 members (excludes halogenated alkanes) is 17. The first kappa shape index (κ1) is 31.9. The van der Waals surface area contributed by atoms with Crippen molar-refractivity contribution in [2.24, 2.45) is 0 Å². The molecule has 0 fully saturated rings. The number of ether oxygens (including phenoxy) is 2. The van der Waals surface area contributed by atoms with E-state index in [0.29, 0.717) is 12.8 Å². The number of esters is 2. The average Bonchev–Trinajstić information content (AvgIpc) is 2.81. The minimum absolute atomic E-state index is 0.110. The Labute approximate surface area is 204 Å². The first-order valence-electron chi connectivity index (χ1n) is 14.1. The molecule has 1 N–H and O–H groups in total. The molecule has 0 aliphatic heterocycles. The molecule has 0 unspecified atom stereocenters. The van der Waals surface area contributed by atoms with Gasteiger partial charge in [0, 0.05) is 12.8 Å². The molecule has 0 amide bonds. The average molecular weight is 471 g/mol. The number of hydrogen-bond donors (Lipinski definition) is 1. The van der Waals surface area contributed by atoms with Crippen LogP contribution < -0.4 is 0 Å². The zero-order chi connectivity index (χ0) is 24.4. The Kier molecular flexibility index (Phi) is 24.7. The van der Waals surface area contributed by atoms with Crippen molar-refractivity contribution >= 4 is 11.9 Å². The van der Waals surface area contributed by atoms with Crippen LogP contribution in [0.2, 0.25) is 0 Å². The monoisotopic (exact) mass is 470 g/mol. The molecule has 196 valence electrons. The van der Waals surface area contributed by atoms with Crippen LogP contribution in [0.15, 0.2) is 0 Å². The molecule has 0 rings (SSSR count). The van der Waals surface area contributed by atoms with Crippen LogP contribution in [-0.4, -0.2) is 36.4 Å². The van der Waals surface area contributed by atoms with E-state index >= 15 is 0 Å². The highest BCUT2D eigenvalue weighted by Gasteiger charge is 2.12. The van der Waals surface area contributed by atoms with E-state index < -0.39 is 6.10 Å². The molecule has 0 aliphatic rings. The molecule has 33 heavy (non-hydrogen) atoms. The van der Waals surface area contributed by atoms with E-state index in [0.717, 1.165) is 32.1 Å². The van der Waals surface area contributed by atoms with Gasteiger partial charge in [-0.15, -0.1) is 0 Å². The standard InChI is InChI=1S/C28H54O5/c1-3-5-7-9-10-11-12-13-14-15-16-17-19-21-23-28(31)33-25-26(29)24-32-27(30)22-20-18-8-6-4-2/h26,29H,3-25H2,1-2H3/t26-/m1/s1. The van der Waals surface area contributed by atoms with Crippen molar-refractivity contribution in [2.75, 3.05) is 13.2 Å². The highest BCUT2D eigenvalue weighted by atomic mass is 16.6. The first-order chi connectivity index (χ1) is 16.1. The van der Waals surface area contributed by atoms with Crippen LogP contribution in [0.5, 0.6) is 0 Å². The van der Waals surface area contributed by atoms with Gasteiger partial charge in [0.1, 0.15) is 19.3 Å². The molecule has 1 atom stereocenters. The van der Waals surface area contributed by atoms with Crippen LogP contribution in [0.25, 0.3) is 0 Å². The van der Waals surface area contributed by atoms with Crippen molar-refractivity contribution in [3.63, 3.8) is 0 Å². The van der Waals surface area contributed by atoms with E-state index in [1.54, 1.807) is 0 Å². The molecule has 0 aromatic rings. The third-order valence-electron chi connectivity index (χ3n) is 6.09. The minimum Gasteiger partial charge on any atom is -0.463 e. The fourth-order valence-corrected chi connectivity index (χ4v) is 3.91.